The minimum absolute atomic E-state index is 0.349. The molecule has 1 aromatic carbocycles. The Morgan fingerprint density at radius 2 is 1.87 bits per heavy atom. The number of hydrogen-bond donors (Lipinski definition) is 2. The smallest absolute Gasteiger partial charge is 0.209 e. The van der Waals surface area contributed by atoms with Gasteiger partial charge in [-0.1, -0.05) is 30.3 Å². The number of hydrogen-bond acceptors (Lipinski definition) is 3. The predicted molar refractivity (Wildman–Crippen MR) is 95.9 cm³/mol. The molecular weight excluding hydrogens is 312 g/mol. The lowest BCUT2D eigenvalue weighted by Crippen LogP contribution is -2.46. The van der Waals surface area contributed by atoms with E-state index in [-0.39, 0.29) is 0 Å². The maximum atomic E-state index is 11.4. The first-order valence-corrected chi connectivity index (χ1v) is 9.54. The van der Waals surface area contributed by atoms with Crippen LogP contribution >= 0.6 is 0 Å². The van der Waals surface area contributed by atoms with Crippen LogP contribution in [0.5, 0.6) is 0 Å². The van der Waals surface area contributed by atoms with E-state index in [2.05, 4.69) is 27.2 Å². The van der Waals surface area contributed by atoms with E-state index in [0.29, 0.717) is 6.54 Å². The fourth-order valence-corrected chi connectivity index (χ4v) is 3.28. The third-order valence-corrected chi connectivity index (χ3v) is 3.97. The van der Waals surface area contributed by atoms with Crippen LogP contribution in [0.1, 0.15) is 26.3 Å². The fourth-order valence-electron chi connectivity index (χ4n) is 2.21. The molecule has 0 amide bonds. The topological polar surface area (TPSA) is 73.8 Å². The van der Waals surface area contributed by atoms with Gasteiger partial charge in [-0.15, -0.1) is 0 Å². The number of aliphatic imine (C=N–C) groups is 1. The molecule has 0 heterocycles. The Bertz CT molecular complexity index is 612. The zero-order chi connectivity index (χ0) is 17.5. The Morgan fingerprint density at radius 1 is 1.26 bits per heavy atom. The average Bonchev–Trinajstić information content (AvgIpc) is 2.41. The molecule has 0 radical (unpaired) electrons. The Morgan fingerprint density at radius 3 is 2.39 bits per heavy atom. The Kier molecular flexibility index (Phi) is 7.02. The predicted octanol–water partition coefficient (Wildman–Crippen LogP) is 1.41. The van der Waals surface area contributed by atoms with Crippen LogP contribution in [-0.4, -0.2) is 51.2 Å². The first kappa shape index (κ1) is 19.4. The van der Waals surface area contributed by atoms with Crippen molar-refractivity contribution in [3.8, 4) is 0 Å². The summed E-state index contributed by atoms with van der Waals surface area (Å²) in [7, 11) is -1.30. The Labute approximate surface area is 140 Å². The molecule has 0 atom stereocenters. The summed E-state index contributed by atoms with van der Waals surface area (Å²) < 4.78 is 25.4. The van der Waals surface area contributed by atoms with Crippen molar-refractivity contribution in [2.24, 2.45) is 4.99 Å². The molecule has 0 aliphatic rings. The van der Waals surface area contributed by atoms with Crippen LogP contribution < -0.4 is 10.0 Å². The van der Waals surface area contributed by atoms with Gasteiger partial charge >= 0.3 is 0 Å². The largest absolute Gasteiger partial charge is 0.357 e. The monoisotopic (exact) mass is 340 g/mol. The fraction of sp³-hybridized carbons (Fsp3) is 0.562. The van der Waals surface area contributed by atoms with Gasteiger partial charge < -0.3 is 10.2 Å². The summed E-state index contributed by atoms with van der Waals surface area (Å²) in [5, 5.41) is 3.24. The number of sulfonamides is 1. The zero-order valence-electron chi connectivity index (χ0n) is 14.6. The van der Waals surface area contributed by atoms with Crippen molar-refractivity contribution in [2.75, 3.05) is 26.4 Å². The van der Waals surface area contributed by atoms with Gasteiger partial charge in [0.2, 0.25) is 10.0 Å². The molecule has 0 unspecified atom stereocenters. The van der Waals surface area contributed by atoms with Crippen LogP contribution in [0.15, 0.2) is 35.3 Å². The third-order valence-electron chi connectivity index (χ3n) is 3.04. The summed E-state index contributed by atoms with van der Waals surface area (Å²) in [4.78, 5) is 6.59. The summed E-state index contributed by atoms with van der Waals surface area (Å²) in [6.45, 7) is 7.47. The molecule has 1 aromatic rings. The molecule has 7 heteroatoms. The molecule has 2 N–H and O–H groups in total. The maximum absolute atomic E-state index is 11.4. The number of rotatable bonds is 7. The highest BCUT2D eigenvalue weighted by Crippen LogP contribution is 2.07. The van der Waals surface area contributed by atoms with Crippen molar-refractivity contribution in [3.05, 3.63) is 35.9 Å². The summed E-state index contributed by atoms with van der Waals surface area (Å²) >= 11 is 0. The molecule has 23 heavy (non-hydrogen) atoms. The lowest BCUT2D eigenvalue weighted by atomic mass is 10.1. The number of guanidine groups is 1. The van der Waals surface area contributed by atoms with Crippen LogP contribution in [0.25, 0.3) is 0 Å². The summed E-state index contributed by atoms with van der Waals surface area (Å²) in [6, 6.07) is 10.1. The van der Waals surface area contributed by atoms with Gasteiger partial charge in [-0.05, 0) is 26.3 Å². The summed E-state index contributed by atoms with van der Waals surface area (Å²) in [6.07, 6.45) is 1.16. The van der Waals surface area contributed by atoms with E-state index < -0.39 is 15.6 Å². The molecule has 6 nitrogen and oxygen atoms in total. The molecule has 0 aromatic heterocycles. The van der Waals surface area contributed by atoms with Gasteiger partial charge in [0.05, 0.1) is 12.8 Å². The average molecular weight is 340 g/mol. The molecule has 0 saturated carbocycles. The molecule has 0 fully saturated rings. The quantitative estimate of drug-likeness (QED) is 0.581. The van der Waals surface area contributed by atoms with Gasteiger partial charge in [0.15, 0.2) is 5.96 Å². The number of nitrogens with one attached hydrogen (secondary N) is 2. The lowest BCUT2D eigenvalue weighted by molar-refractivity contribution is 0.446. The Hall–Kier alpha value is -1.60. The number of nitrogens with zero attached hydrogens (tertiary/aromatic N) is 2. The van der Waals surface area contributed by atoms with Crippen molar-refractivity contribution in [2.45, 2.75) is 32.9 Å². The first-order chi connectivity index (χ1) is 10.6. The van der Waals surface area contributed by atoms with E-state index in [4.69, 9.17) is 0 Å². The first-order valence-electron chi connectivity index (χ1n) is 7.65. The highest BCUT2D eigenvalue weighted by Gasteiger charge is 2.22. The van der Waals surface area contributed by atoms with E-state index in [1.54, 1.807) is 0 Å². The second-order valence-corrected chi connectivity index (χ2v) is 8.02. The molecule has 0 saturated heterocycles. The van der Waals surface area contributed by atoms with Crippen LogP contribution in [0.3, 0.4) is 0 Å². The molecule has 130 valence electrons. The third kappa shape index (κ3) is 7.99. The van der Waals surface area contributed by atoms with Gasteiger partial charge in [-0.25, -0.2) is 13.1 Å². The van der Waals surface area contributed by atoms with Gasteiger partial charge in [0.25, 0.3) is 0 Å². The van der Waals surface area contributed by atoms with E-state index >= 15 is 0 Å². The van der Waals surface area contributed by atoms with E-state index in [0.717, 1.165) is 25.3 Å². The molecule has 0 aliphatic heterocycles. The van der Waals surface area contributed by atoms with E-state index in [1.165, 1.54) is 5.56 Å². The maximum Gasteiger partial charge on any atom is 0.209 e. The summed E-state index contributed by atoms with van der Waals surface area (Å²) in [5.74, 6) is 0.750. The number of benzene rings is 1. The van der Waals surface area contributed by atoms with E-state index in [1.807, 2.05) is 50.9 Å². The van der Waals surface area contributed by atoms with Crippen LogP contribution in [0.2, 0.25) is 0 Å². The normalized spacial score (nSPS) is 13.0. The molecule has 0 spiro atoms. The van der Waals surface area contributed by atoms with Crippen molar-refractivity contribution < 1.29 is 8.42 Å². The molecule has 0 aliphatic carbocycles. The van der Waals surface area contributed by atoms with Gasteiger partial charge in [-0.3, -0.25) is 4.99 Å². The highest BCUT2D eigenvalue weighted by atomic mass is 32.2. The van der Waals surface area contributed by atoms with Crippen molar-refractivity contribution in [1.82, 2.24) is 14.9 Å². The van der Waals surface area contributed by atoms with Gasteiger partial charge in [-0.2, -0.15) is 0 Å². The minimum Gasteiger partial charge on any atom is -0.357 e. The standard InChI is InChI=1S/C16H28N4O2S/c1-6-17-15(18-13-16(2,3)19-23(5,21)22)20(4)12-14-10-8-7-9-11-14/h7-11,19H,6,12-13H2,1-5H3,(H,17,18). The minimum atomic E-state index is -3.26. The second kappa shape index (κ2) is 8.31. The van der Waals surface area contributed by atoms with Crippen LogP contribution in [0, 0.1) is 0 Å². The SMILES string of the molecule is CCNC(=NCC(C)(C)NS(C)(=O)=O)N(C)Cc1ccccc1. The highest BCUT2D eigenvalue weighted by molar-refractivity contribution is 7.88. The van der Waals surface area contributed by atoms with Crippen molar-refractivity contribution >= 4 is 16.0 Å². The lowest BCUT2D eigenvalue weighted by Gasteiger charge is -2.26. The van der Waals surface area contributed by atoms with Crippen LogP contribution in [-0.2, 0) is 16.6 Å². The van der Waals surface area contributed by atoms with E-state index in [9.17, 15) is 8.42 Å². The van der Waals surface area contributed by atoms with Gasteiger partial charge in [0, 0.05) is 25.7 Å². The summed E-state index contributed by atoms with van der Waals surface area (Å²) in [5.41, 5.74) is 0.552. The molecule has 1 rings (SSSR count). The second-order valence-electron chi connectivity index (χ2n) is 6.27. The molecular formula is C16H28N4O2S. The van der Waals surface area contributed by atoms with Crippen molar-refractivity contribution in [1.29, 1.82) is 0 Å². The zero-order valence-corrected chi connectivity index (χ0v) is 15.4. The Balaban J connectivity index is 2.79. The van der Waals surface area contributed by atoms with Crippen molar-refractivity contribution in [3.63, 3.8) is 0 Å². The van der Waals surface area contributed by atoms with Crippen LogP contribution in [0.4, 0.5) is 0 Å². The molecule has 0 bridgehead atoms. The van der Waals surface area contributed by atoms with Gasteiger partial charge in [0.1, 0.15) is 0 Å².